The minimum Gasteiger partial charge on any atom is -0.484 e. The van der Waals surface area contributed by atoms with E-state index in [1.807, 2.05) is 31.2 Å². The zero-order chi connectivity index (χ0) is 21.6. The van der Waals surface area contributed by atoms with Crippen molar-refractivity contribution in [1.82, 2.24) is 25.1 Å². The minimum absolute atomic E-state index is 0.0744. The van der Waals surface area contributed by atoms with Gasteiger partial charge in [-0.1, -0.05) is 17.7 Å². The maximum Gasteiger partial charge on any atom is 0.258 e. The fraction of sp³-hybridized carbons (Fsp3) is 0.182. The summed E-state index contributed by atoms with van der Waals surface area (Å²) >= 11 is 0. The molecule has 1 N–H and O–H groups in total. The van der Waals surface area contributed by atoms with E-state index < -0.39 is 0 Å². The standard InChI is InChI=1S/C22H20FN5O3/c1-15-2-8-18(9-3-15)31-14-20(29)24-12-13-30-21-11-10-19-25-26-22(28(19)27-21)16-4-6-17(23)7-5-16/h2-11H,12-14H2,1H3,(H,24,29). The number of fused-ring (bicyclic) bond motifs is 1. The van der Waals surface area contributed by atoms with E-state index in [4.69, 9.17) is 9.47 Å². The van der Waals surface area contributed by atoms with E-state index in [-0.39, 0.29) is 24.9 Å². The highest BCUT2D eigenvalue weighted by molar-refractivity contribution is 5.77. The van der Waals surface area contributed by atoms with E-state index in [1.165, 1.54) is 16.6 Å². The number of ether oxygens (including phenoxy) is 2. The molecule has 0 bridgehead atoms. The van der Waals surface area contributed by atoms with Crippen LogP contribution < -0.4 is 14.8 Å². The molecule has 9 heteroatoms. The molecule has 0 fully saturated rings. The van der Waals surface area contributed by atoms with Crippen LogP contribution in [0.4, 0.5) is 4.39 Å². The monoisotopic (exact) mass is 421 g/mol. The molecule has 4 rings (SSSR count). The van der Waals surface area contributed by atoms with Crippen molar-refractivity contribution in [2.45, 2.75) is 6.92 Å². The van der Waals surface area contributed by atoms with E-state index in [2.05, 4.69) is 20.6 Å². The van der Waals surface area contributed by atoms with Gasteiger partial charge in [0.2, 0.25) is 5.88 Å². The summed E-state index contributed by atoms with van der Waals surface area (Å²) in [6.45, 7) is 2.43. The molecule has 0 radical (unpaired) electrons. The van der Waals surface area contributed by atoms with Gasteiger partial charge in [0.1, 0.15) is 18.2 Å². The molecule has 2 heterocycles. The summed E-state index contributed by atoms with van der Waals surface area (Å²) < 4.78 is 25.7. The summed E-state index contributed by atoms with van der Waals surface area (Å²) in [5.41, 5.74) is 2.34. The van der Waals surface area contributed by atoms with Gasteiger partial charge in [0.25, 0.3) is 5.91 Å². The van der Waals surface area contributed by atoms with Crippen LogP contribution in [0.15, 0.2) is 60.7 Å². The van der Waals surface area contributed by atoms with Crippen LogP contribution in [0.3, 0.4) is 0 Å². The second-order valence-electron chi connectivity index (χ2n) is 6.77. The fourth-order valence-corrected chi connectivity index (χ4v) is 2.81. The molecule has 2 aromatic heterocycles. The van der Waals surface area contributed by atoms with Crippen LogP contribution in [-0.2, 0) is 4.79 Å². The average molecular weight is 421 g/mol. The second-order valence-corrected chi connectivity index (χ2v) is 6.77. The Kier molecular flexibility index (Phi) is 6.02. The summed E-state index contributed by atoms with van der Waals surface area (Å²) in [4.78, 5) is 11.9. The van der Waals surface area contributed by atoms with Crippen molar-refractivity contribution in [3.63, 3.8) is 0 Å². The van der Waals surface area contributed by atoms with Crippen molar-refractivity contribution < 1.29 is 18.7 Å². The Labute approximate surface area is 177 Å². The van der Waals surface area contributed by atoms with Crippen molar-refractivity contribution in [3.05, 3.63) is 72.0 Å². The molecule has 4 aromatic rings. The van der Waals surface area contributed by atoms with Crippen molar-refractivity contribution >= 4 is 11.6 Å². The number of carbonyl (C=O) groups is 1. The lowest BCUT2D eigenvalue weighted by Gasteiger charge is -2.09. The fourth-order valence-electron chi connectivity index (χ4n) is 2.81. The summed E-state index contributed by atoms with van der Waals surface area (Å²) in [7, 11) is 0. The number of rotatable bonds is 8. The molecule has 0 spiro atoms. The summed E-state index contributed by atoms with van der Waals surface area (Å²) in [5, 5.41) is 15.3. The molecule has 0 aliphatic carbocycles. The van der Waals surface area contributed by atoms with E-state index in [9.17, 15) is 9.18 Å². The SMILES string of the molecule is Cc1ccc(OCC(=O)NCCOc2ccc3nnc(-c4ccc(F)cc4)n3n2)cc1. The predicted octanol–water partition coefficient (Wildman–Crippen LogP) is 2.81. The highest BCUT2D eigenvalue weighted by Gasteiger charge is 2.11. The molecular weight excluding hydrogens is 401 g/mol. The number of hydrogen-bond donors (Lipinski definition) is 1. The maximum absolute atomic E-state index is 13.2. The van der Waals surface area contributed by atoms with E-state index in [0.29, 0.717) is 35.2 Å². The quantitative estimate of drug-likeness (QED) is 0.440. The highest BCUT2D eigenvalue weighted by Crippen LogP contribution is 2.19. The average Bonchev–Trinajstić information content (AvgIpc) is 3.20. The lowest BCUT2D eigenvalue weighted by atomic mass is 10.2. The molecule has 0 unspecified atom stereocenters. The van der Waals surface area contributed by atoms with Crippen LogP contribution in [0, 0.1) is 12.7 Å². The summed E-state index contributed by atoms with van der Waals surface area (Å²) in [5.74, 6) is 0.883. The summed E-state index contributed by atoms with van der Waals surface area (Å²) in [6.07, 6.45) is 0. The van der Waals surface area contributed by atoms with Crippen LogP contribution in [-0.4, -0.2) is 45.5 Å². The number of hydrogen-bond acceptors (Lipinski definition) is 6. The molecule has 158 valence electrons. The van der Waals surface area contributed by atoms with E-state index >= 15 is 0 Å². The number of aromatic nitrogens is 4. The van der Waals surface area contributed by atoms with Gasteiger partial charge in [-0.15, -0.1) is 15.3 Å². The predicted molar refractivity (Wildman–Crippen MR) is 111 cm³/mol. The van der Waals surface area contributed by atoms with Gasteiger partial charge in [-0.2, -0.15) is 4.52 Å². The third kappa shape index (κ3) is 5.13. The van der Waals surface area contributed by atoms with E-state index in [1.54, 1.807) is 24.3 Å². The first-order valence-corrected chi connectivity index (χ1v) is 9.66. The molecule has 0 aliphatic heterocycles. The Hall–Kier alpha value is -4.01. The molecule has 1 amide bonds. The Balaban J connectivity index is 1.29. The minimum atomic E-state index is -0.333. The van der Waals surface area contributed by atoms with Gasteiger partial charge in [0.15, 0.2) is 18.1 Å². The zero-order valence-electron chi connectivity index (χ0n) is 16.8. The number of nitrogens with zero attached hydrogens (tertiary/aromatic N) is 4. The third-order valence-electron chi connectivity index (χ3n) is 4.41. The third-order valence-corrected chi connectivity index (χ3v) is 4.41. The smallest absolute Gasteiger partial charge is 0.258 e. The van der Waals surface area contributed by atoms with Gasteiger partial charge in [0.05, 0.1) is 6.54 Å². The number of benzene rings is 2. The number of halogens is 1. The number of carbonyl (C=O) groups excluding carboxylic acids is 1. The molecule has 31 heavy (non-hydrogen) atoms. The van der Waals surface area contributed by atoms with E-state index in [0.717, 1.165) is 5.56 Å². The topological polar surface area (TPSA) is 90.6 Å². The Morgan fingerprint density at radius 3 is 2.55 bits per heavy atom. The number of aryl methyl sites for hydroxylation is 1. The van der Waals surface area contributed by atoms with Crippen LogP contribution >= 0.6 is 0 Å². The molecular formula is C22H20FN5O3. The number of nitrogens with one attached hydrogen (secondary N) is 1. The van der Waals surface area contributed by atoms with Crippen LogP contribution in [0.2, 0.25) is 0 Å². The first kappa shape index (κ1) is 20.3. The zero-order valence-corrected chi connectivity index (χ0v) is 16.8. The number of amides is 1. The normalized spacial score (nSPS) is 10.8. The molecule has 2 aromatic carbocycles. The molecule has 0 atom stereocenters. The van der Waals surface area contributed by atoms with Gasteiger partial charge >= 0.3 is 0 Å². The van der Waals surface area contributed by atoms with Crippen LogP contribution in [0.25, 0.3) is 17.0 Å². The molecule has 0 saturated heterocycles. The van der Waals surface area contributed by atoms with Crippen LogP contribution in [0.5, 0.6) is 11.6 Å². The molecule has 0 aliphatic rings. The van der Waals surface area contributed by atoms with Gasteiger partial charge in [-0.3, -0.25) is 4.79 Å². The molecule has 8 nitrogen and oxygen atoms in total. The first-order valence-electron chi connectivity index (χ1n) is 9.66. The van der Waals surface area contributed by atoms with Crippen molar-refractivity contribution in [2.24, 2.45) is 0 Å². The van der Waals surface area contributed by atoms with Crippen molar-refractivity contribution in [1.29, 1.82) is 0 Å². The largest absolute Gasteiger partial charge is 0.484 e. The van der Waals surface area contributed by atoms with Crippen molar-refractivity contribution in [2.75, 3.05) is 19.8 Å². The van der Waals surface area contributed by atoms with Crippen molar-refractivity contribution in [3.8, 4) is 23.0 Å². The Bertz CT molecular complexity index is 1180. The highest BCUT2D eigenvalue weighted by atomic mass is 19.1. The lowest BCUT2D eigenvalue weighted by molar-refractivity contribution is -0.123. The summed E-state index contributed by atoms with van der Waals surface area (Å²) in [6, 6.07) is 16.8. The maximum atomic E-state index is 13.2. The Morgan fingerprint density at radius 2 is 1.77 bits per heavy atom. The molecule has 0 saturated carbocycles. The van der Waals surface area contributed by atoms with Crippen LogP contribution in [0.1, 0.15) is 5.56 Å². The van der Waals surface area contributed by atoms with Gasteiger partial charge in [0, 0.05) is 11.6 Å². The van der Waals surface area contributed by atoms with Gasteiger partial charge < -0.3 is 14.8 Å². The first-order chi connectivity index (χ1) is 15.1. The lowest BCUT2D eigenvalue weighted by Crippen LogP contribution is -2.32. The Morgan fingerprint density at radius 1 is 1.00 bits per heavy atom. The van der Waals surface area contributed by atoms with Gasteiger partial charge in [-0.25, -0.2) is 4.39 Å². The van der Waals surface area contributed by atoms with Gasteiger partial charge in [-0.05, 0) is 49.4 Å². The second kappa shape index (κ2) is 9.21.